The molecule has 52 valence electrons. The first-order chi connectivity index (χ1) is 4.23. The molecule has 0 aromatic rings. The average molecular weight is 124 g/mol. The summed E-state index contributed by atoms with van der Waals surface area (Å²) in [6.07, 6.45) is 6.07. The van der Waals surface area contributed by atoms with Gasteiger partial charge in [-0.25, -0.2) is 0 Å². The molecule has 0 aliphatic heterocycles. The molecule has 0 aromatic heterocycles. The van der Waals surface area contributed by atoms with Crippen LogP contribution in [0.3, 0.4) is 0 Å². The smallest absolute Gasteiger partial charge is 0.0272 e. The van der Waals surface area contributed by atoms with Crippen molar-refractivity contribution in [2.24, 2.45) is 17.3 Å². The molecule has 0 heterocycles. The van der Waals surface area contributed by atoms with Crippen LogP contribution in [0.25, 0.3) is 0 Å². The van der Waals surface area contributed by atoms with E-state index in [0.29, 0.717) is 0 Å². The van der Waals surface area contributed by atoms with Gasteiger partial charge in [0.15, 0.2) is 0 Å². The van der Waals surface area contributed by atoms with E-state index in [1.54, 1.807) is 0 Å². The summed E-state index contributed by atoms with van der Waals surface area (Å²) >= 11 is 0. The summed E-state index contributed by atoms with van der Waals surface area (Å²) in [6, 6.07) is 0. The molecule has 9 heavy (non-hydrogen) atoms. The van der Waals surface area contributed by atoms with Crippen LogP contribution in [0.4, 0.5) is 0 Å². The summed E-state index contributed by atoms with van der Waals surface area (Å²) < 4.78 is 0. The van der Waals surface area contributed by atoms with Gasteiger partial charge >= 0.3 is 0 Å². The maximum atomic E-state index is 2.48. The highest BCUT2D eigenvalue weighted by molar-refractivity contribution is 5.00. The van der Waals surface area contributed by atoms with Crippen molar-refractivity contribution in [1.29, 1.82) is 0 Å². The SMILES string of the molecule is C[C@H]1CCC2CCC21C. The zero-order valence-corrected chi connectivity index (χ0v) is 6.48. The van der Waals surface area contributed by atoms with Crippen molar-refractivity contribution in [3.63, 3.8) is 0 Å². The Morgan fingerprint density at radius 1 is 1.22 bits per heavy atom. The van der Waals surface area contributed by atoms with E-state index >= 15 is 0 Å². The monoisotopic (exact) mass is 124 g/mol. The van der Waals surface area contributed by atoms with Crippen LogP contribution in [0.5, 0.6) is 0 Å². The van der Waals surface area contributed by atoms with Gasteiger partial charge in [-0.3, -0.25) is 0 Å². The maximum Gasteiger partial charge on any atom is -0.0272 e. The Morgan fingerprint density at radius 3 is 2.22 bits per heavy atom. The summed E-state index contributed by atoms with van der Waals surface area (Å²) in [5.74, 6) is 2.14. The van der Waals surface area contributed by atoms with E-state index in [1.165, 1.54) is 25.7 Å². The highest BCUT2D eigenvalue weighted by Crippen LogP contribution is 2.59. The van der Waals surface area contributed by atoms with Gasteiger partial charge in [-0.2, -0.15) is 0 Å². The lowest BCUT2D eigenvalue weighted by molar-refractivity contribution is 0.0482. The van der Waals surface area contributed by atoms with Crippen LogP contribution in [0.15, 0.2) is 0 Å². The average Bonchev–Trinajstić information content (AvgIpc) is 1.96. The molecule has 2 aliphatic carbocycles. The van der Waals surface area contributed by atoms with Gasteiger partial charge in [-0.1, -0.05) is 13.8 Å². The fourth-order valence-electron chi connectivity index (χ4n) is 2.71. The van der Waals surface area contributed by atoms with Gasteiger partial charge in [-0.05, 0) is 42.9 Å². The van der Waals surface area contributed by atoms with Gasteiger partial charge in [-0.15, -0.1) is 0 Å². The van der Waals surface area contributed by atoms with Crippen molar-refractivity contribution in [2.75, 3.05) is 0 Å². The molecule has 2 unspecified atom stereocenters. The van der Waals surface area contributed by atoms with Crippen molar-refractivity contribution in [2.45, 2.75) is 39.5 Å². The Bertz CT molecular complexity index is 120. The molecule has 0 radical (unpaired) electrons. The van der Waals surface area contributed by atoms with E-state index in [9.17, 15) is 0 Å². The van der Waals surface area contributed by atoms with Crippen LogP contribution in [0.1, 0.15) is 39.5 Å². The molecule has 2 fully saturated rings. The molecule has 0 N–H and O–H groups in total. The van der Waals surface area contributed by atoms with Crippen LogP contribution in [-0.2, 0) is 0 Å². The van der Waals surface area contributed by atoms with Crippen LogP contribution in [-0.4, -0.2) is 0 Å². The van der Waals surface area contributed by atoms with Gasteiger partial charge < -0.3 is 0 Å². The van der Waals surface area contributed by atoms with Crippen molar-refractivity contribution in [1.82, 2.24) is 0 Å². The van der Waals surface area contributed by atoms with Gasteiger partial charge in [0, 0.05) is 0 Å². The van der Waals surface area contributed by atoms with Gasteiger partial charge in [0.1, 0.15) is 0 Å². The Morgan fingerprint density at radius 2 is 2.00 bits per heavy atom. The van der Waals surface area contributed by atoms with E-state index in [4.69, 9.17) is 0 Å². The summed E-state index contributed by atoms with van der Waals surface area (Å²) in [4.78, 5) is 0. The highest BCUT2D eigenvalue weighted by Gasteiger charge is 2.50. The molecule has 0 heteroatoms. The third-order valence-corrected chi connectivity index (χ3v) is 4.04. The quantitative estimate of drug-likeness (QED) is 0.466. The Kier molecular flexibility index (Phi) is 0.980. The molecule has 2 saturated carbocycles. The van der Waals surface area contributed by atoms with Crippen LogP contribution >= 0.6 is 0 Å². The van der Waals surface area contributed by atoms with Gasteiger partial charge in [0.2, 0.25) is 0 Å². The molecule has 2 aliphatic rings. The Balaban J connectivity index is 2.18. The summed E-state index contributed by atoms with van der Waals surface area (Å²) in [6.45, 7) is 4.91. The van der Waals surface area contributed by atoms with Crippen molar-refractivity contribution >= 4 is 0 Å². The van der Waals surface area contributed by atoms with Gasteiger partial charge in [0.05, 0.1) is 0 Å². The predicted molar refractivity (Wildman–Crippen MR) is 39.2 cm³/mol. The second-order valence-electron chi connectivity index (χ2n) is 4.22. The lowest BCUT2D eigenvalue weighted by Crippen LogP contribution is -2.36. The summed E-state index contributed by atoms with van der Waals surface area (Å²) in [5.41, 5.74) is 0.792. The summed E-state index contributed by atoms with van der Waals surface area (Å²) in [7, 11) is 0. The molecule has 0 nitrogen and oxygen atoms in total. The van der Waals surface area contributed by atoms with Crippen molar-refractivity contribution in [3.05, 3.63) is 0 Å². The summed E-state index contributed by atoms with van der Waals surface area (Å²) in [5, 5.41) is 0. The van der Waals surface area contributed by atoms with Gasteiger partial charge in [0.25, 0.3) is 0 Å². The minimum Gasteiger partial charge on any atom is -0.0620 e. The number of fused-ring (bicyclic) bond motifs is 1. The Labute approximate surface area is 57.6 Å². The zero-order chi connectivity index (χ0) is 6.48. The fraction of sp³-hybridized carbons (Fsp3) is 1.00. The van der Waals surface area contributed by atoms with Crippen molar-refractivity contribution < 1.29 is 0 Å². The first-order valence-corrected chi connectivity index (χ1v) is 4.23. The molecular weight excluding hydrogens is 108 g/mol. The molecule has 0 saturated heterocycles. The maximum absolute atomic E-state index is 2.48. The largest absolute Gasteiger partial charge is 0.0620 e. The third-order valence-electron chi connectivity index (χ3n) is 4.04. The first-order valence-electron chi connectivity index (χ1n) is 4.23. The number of hydrogen-bond donors (Lipinski definition) is 0. The van der Waals surface area contributed by atoms with Crippen LogP contribution in [0, 0.1) is 17.3 Å². The molecule has 0 amide bonds. The zero-order valence-electron chi connectivity index (χ0n) is 6.48. The minimum absolute atomic E-state index is 0.792. The third kappa shape index (κ3) is 0.544. The molecule has 0 spiro atoms. The molecule has 2 rings (SSSR count). The van der Waals surface area contributed by atoms with Crippen LogP contribution in [0.2, 0.25) is 0 Å². The van der Waals surface area contributed by atoms with Crippen molar-refractivity contribution in [3.8, 4) is 0 Å². The molecular formula is C9H16. The fourth-order valence-corrected chi connectivity index (χ4v) is 2.71. The molecule has 0 bridgehead atoms. The minimum atomic E-state index is 0.792. The first kappa shape index (κ1) is 5.76. The lowest BCUT2D eigenvalue weighted by atomic mass is 9.60. The topological polar surface area (TPSA) is 0 Å². The predicted octanol–water partition coefficient (Wildman–Crippen LogP) is 2.83. The van der Waals surface area contributed by atoms with E-state index in [-0.39, 0.29) is 0 Å². The Hall–Kier alpha value is 0. The second kappa shape index (κ2) is 1.53. The number of rotatable bonds is 0. The van der Waals surface area contributed by atoms with E-state index in [0.717, 1.165) is 17.3 Å². The van der Waals surface area contributed by atoms with E-state index in [1.807, 2.05) is 0 Å². The lowest BCUT2D eigenvalue weighted by Gasteiger charge is -2.45. The highest BCUT2D eigenvalue weighted by atomic mass is 14.5. The molecule has 0 aromatic carbocycles. The van der Waals surface area contributed by atoms with E-state index in [2.05, 4.69) is 13.8 Å². The normalized spacial score (nSPS) is 56.7. The van der Waals surface area contributed by atoms with Crippen LogP contribution < -0.4 is 0 Å². The molecule has 3 atom stereocenters. The van der Waals surface area contributed by atoms with E-state index < -0.39 is 0 Å². The second-order valence-corrected chi connectivity index (χ2v) is 4.22. The standard InChI is InChI=1S/C9H16/c1-7-3-4-8-5-6-9(7,8)2/h7-8H,3-6H2,1-2H3/t7-,8?,9?/m0/s1. The number of hydrogen-bond acceptors (Lipinski definition) is 0.